The number of carbonyl (C=O) groups is 1. The van der Waals surface area contributed by atoms with Crippen molar-refractivity contribution in [1.29, 1.82) is 0 Å². The number of halogens is 4. The molecular formula is C21H17ClF3NO2. The number of rotatable bonds is 2. The molecule has 1 aliphatic heterocycles. The molecule has 0 bridgehead atoms. The molecule has 3 nitrogen and oxygen atoms in total. The van der Waals surface area contributed by atoms with Gasteiger partial charge in [-0.1, -0.05) is 35.9 Å². The van der Waals surface area contributed by atoms with Gasteiger partial charge in [0.1, 0.15) is 0 Å². The number of hydrogen-bond acceptors (Lipinski definition) is 3. The molecule has 0 radical (unpaired) electrons. The number of benzene rings is 2. The number of alkyl halides is 3. The van der Waals surface area contributed by atoms with E-state index in [9.17, 15) is 18.0 Å². The molecule has 1 N–H and O–H groups in total. The summed E-state index contributed by atoms with van der Waals surface area (Å²) in [5.41, 5.74) is 1.18. The molecule has 1 aliphatic carbocycles. The molecule has 0 aromatic heterocycles. The summed E-state index contributed by atoms with van der Waals surface area (Å²) in [5, 5.41) is 3.50. The molecule has 146 valence electrons. The monoisotopic (exact) mass is 407 g/mol. The van der Waals surface area contributed by atoms with Gasteiger partial charge in [-0.2, -0.15) is 13.2 Å². The minimum Gasteiger partial charge on any atom is -0.465 e. The zero-order valence-corrected chi connectivity index (χ0v) is 15.6. The number of carbonyl (C=O) groups excluding carboxylic acids is 1. The summed E-state index contributed by atoms with van der Waals surface area (Å²) in [7, 11) is 1.31. The molecule has 4 rings (SSSR count). The Hall–Kier alpha value is -2.47. The third-order valence-corrected chi connectivity index (χ3v) is 5.78. The van der Waals surface area contributed by atoms with Crippen LogP contribution in [0.5, 0.6) is 0 Å². The largest absolute Gasteiger partial charge is 0.465 e. The molecule has 0 unspecified atom stereocenters. The van der Waals surface area contributed by atoms with E-state index < -0.39 is 17.7 Å². The van der Waals surface area contributed by atoms with Crippen molar-refractivity contribution in [2.24, 2.45) is 5.92 Å². The topological polar surface area (TPSA) is 38.3 Å². The number of hydrogen-bond donors (Lipinski definition) is 1. The van der Waals surface area contributed by atoms with Crippen LogP contribution in [0.3, 0.4) is 0 Å². The summed E-state index contributed by atoms with van der Waals surface area (Å²) >= 11 is 6.28. The third-order valence-electron chi connectivity index (χ3n) is 5.47. The zero-order chi connectivity index (χ0) is 20.1. The van der Waals surface area contributed by atoms with E-state index >= 15 is 0 Å². The van der Waals surface area contributed by atoms with E-state index in [4.69, 9.17) is 16.3 Å². The first-order chi connectivity index (χ1) is 13.3. The normalized spacial score (nSPS) is 23.0. The predicted octanol–water partition coefficient (Wildman–Crippen LogP) is 5.97. The van der Waals surface area contributed by atoms with Crippen molar-refractivity contribution in [3.05, 3.63) is 75.8 Å². The highest BCUT2D eigenvalue weighted by Gasteiger charge is 2.44. The SMILES string of the molecule is COC(=O)c1ccc([C@@H]2Nc3c(Cl)ccc(C(F)(F)F)c3[C@@H]3C=CC[C@H]32)cc1. The van der Waals surface area contributed by atoms with E-state index in [0.717, 1.165) is 11.6 Å². The minimum absolute atomic E-state index is 0.0731. The third kappa shape index (κ3) is 3.05. The Morgan fingerprint density at radius 2 is 1.89 bits per heavy atom. The highest BCUT2D eigenvalue weighted by molar-refractivity contribution is 6.33. The molecule has 0 saturated heterocycles. The van der Waals surface area contributed by atoms with Crippen molar-refractivity contribution in [3.63, 3.8) is 0 Å². The maximum Gasteiger partial charge on any atom is 0.416 e. The highest BCUT2D eigenvalue weighted by Crippen LogP contribution is 2.54. The Kier molecular flexibility index (Phi) is 4.62. The summed E-state index contributed by atoms with van der Waals surface area (Å²) in [5.74, 6) is -0.889. The summed E-state index contributed by atoms with van der Waals surface area (Å²) in [6.07, 6.45) is -0.0363. The Labute approximate surface area is 165 Å². The molecule has 28 heavy (non-hydrogen) atoms. The number of methoxy groups -OCH3 is 1. The van der Waals surface area contributed by atoms with Crippen LogP contribution in [0.25, 0.3) is 0 Å². The summed E-state index contributed by atoms with van der Waals surface area (Å²) in [6.45, 7) is 0. The Morgan fingerprint density at radius 3 is 2.54 bits per heavy atom. The number of nitrogens with one attached hydrogen (secondary N) is 1. The minimum atomic E-state index is -4.45. The number of esters is 1. The lowest BCUT2D eigenvalue weighted by Crippen LogP contribution is -2.31. The number of allylic oxidation sites excluding steroid dienone is 2. The van der Waals surface area contributed by atoms with Gasteiger partial charge >= 0.3 is 12.1 Å². The van der Waals surface area contributed by atoms with Gasteiger partial charge in [0.05, 0.1) is 35.0 Å². The molecule has 0 saturated carbocycles. The lowest BCUT2D eigenvalue weighted by atomic mass is 9.75. The van der Waals surface area contributed by atoms with E-state index in [0.29, 0.717) is 17.7 Å². The summed E-state index contributed by atoms with van der Waals surface area (Å²) in [4.78, 5) is 11.7. The van der Waals surface area contributed by atoms with Gasteiger partial charge in [0.2, 0.25) is 0 Å². The molecular weight excluding hydrogens is 391 g/mol. The van der Waals surface area contributed by atoms with Crippen LogP contribution < -0.4 is 5.32 Å². The fourth-order valence-electron chi connectivity index (χ4n) is 4.20. The maximum atomic E-state index is 13.6. The van der Waals surface area contributed by atoms with Gasteiger partial charge in [-0.05, 0) is 47.7 Å². The van der Waals surface area contributed by atoms with Gasteiger partial charge in [0.25, 0.3) is 0 Å². The van der Waals surface area contributed by atoms with Crippen molar-refractivity contribution in [3.8, 4) is 0 Å². The molecule has 2 aromatic carbocycles. The first-order valence-electron chi connectivity index (χ1n) is 8.82. The second kappa shape index (κ2) is 6.85. The number of ether oxygens (including phenoxy) is 1. The van der Waals surface area contributed by atoms with Gasteiger partial charge in [0.15, 0.2) is 0 Å². The van der Waals surface area contributed by atoms with Crippen LogP contribution >= 0.6 is 11.6 Å². The van der Waals surface area contributed by atoms with E-state index in [1.807, 2.05) is 12.2 Å². The van der Waals surface area contributed by atoms with E-state index in [2.05, 4.69) is 5.32 Å². The van der Waals surface area contributed by atoms with E-state index in [-0.39, 0.29) is 28.5 Å². The molecule has 0 amide bonds. The smallest absolute Gasteiger partial charge is 0.416 e. The quantitative estimate of drug-likeness (QED) is 0.492. The Bertz CT molecular complexity index is 953. The van der Waals surface area contributed by atoms with Crippen molar-refractivity contribution in [2.75, 3.05) is 12.4 Å². The van der Waals surface area contributed by atoms with Gasteiger partial charge in [-0.3, -0.25) is 0 Å². The van der Waals surface area contributed by atoms with Crippen molar-refractivity contribution >= 4 is 23.3 Å². The zero-order valence-electron chi connectivity index (χ0n) is 14.9. The molecule has 1 heterocycles. The van der Waals surface area contributed by atoms with Gasteiger partial charge in [-0.25, -0.2) is 4.79 Å². The molecule has 7 heteroatoms. The average Bonchev–Trinajstić information content (AvgIpc) is 3.16. The Balaban J connectivity index is 1.78. The predicted molar refractivity (Wildman–Crippen MR) is 101 cm³/mol. The molecule has 2 aromatic rings. The number of anilines is 1. The second-order valence-corrected chi connectivity index (χ2v) is 7.38. The number of fused-ring (bicyclic) bond motifs is 3. The molecule has 0 fully saturated rings. The van der Waals surface area contributed by atoms with E-state index in [1.54, 1.807) is 24.3 Å². The van der Waals surface area contributed by atoms with Crippen LogP contribution in [-0.2, 0) is 10.9 Å². The van der Waals surface area contributed by atoms with Gasteiger partial charge in [-0.15, -0.1) is 0 Å². The first kappa shape index (κ1) is 18.9. The van der Waals surface area contributed by atoms with Crippen molar-refractivity contribution in [2.45, 2.75) is 24.6 Å². The summed E-state index contributed by atoms with van der Waals surface area (Å²) < 4.78 is 45.5. The fourth-order valence-corrected chi connectivity index (χ4v) is 4.42. The molecule has 0 spiro atoms. The van der Waals surface area contributed by atoms with Crippen LogP contribution in [0, 0.1) is 5.92 Å². The molecule has 3 atom stereocenters. The average molecular weight is 408 g/mol. The van der Waals surface area contributed by atoms with Crippen molar-refractivity contribution in [1.82, 2.24) is 0 Å². The van der Waals surface area contributed by atoms with Crippen LogP contribution in [0.2, 0.25) is 5.02 Å². The van der Waals surface area contributed by atoms with Crippen LogP contribution in [0.4, 0.5) is 18.9 Å². The van der Waals surface area contributed by atoms with Crippen LogP contribution in [0.1, 0.15) is 45.4 Å². The summed E-state index contributed by atoms with van der Waals surface area (Å²) in [6, 6.07) is 9.02. The lowest BCUT2D eigenvalue weighted by Gasteiger charge is -2.39. The van der Waals surface area contributed by atoms with Crippen molar-refractivity contribution < 1.29 is 22.7 Å². The van der Waals surface area contributed by atoms with Crippen LogP contribution in [-0.4, -0.2) is 13.1 Å². The Morgan fingerprint density at radius 1 is 1.18 bits per heavy atom. The second-order valence-electron chi connectivity index (χ2n) is 6.97. The van der Waals surface area contributed by atoms with Gasteiger partial charge < -0.3 is 10.1 Å². The first-order valence-corrected chi connectivity index (χ1v) is 9.20. The van der Waals surface area contributed by atoms with E-state index in [1.165, 1.54) is 13.2 Å². The van der Waals surface area contributed by atoms with Crippen LogP contribution in [0.15, 0.2) is 48.6 Å². The lowest BCUT2D eigenvalue weighted by molar-refractivity contribution is -0.138. The maximum absolute atomic E-state index is 13.6. The van der Waals surface area contributed by atoms with Gasteiger partial charge in [0, 0.05) is 5.92 Å². The highest BCUT2D eigenvalue weighted by atomic mass is 35.5. The molecule has 2 aliphatic rings. The fraction of sp³-hybridized carbons (Fsp3) is 0.286. The standard InChI is InChI=1S/C21H17ClF3NO2/c1-28-20(27)12-7-5-11(6-8-12)18-14-4-2-3-13(14)17-15(21(23,24)25)9-10-16(22)19(17)26-18/h2-3,5-10,13-14,18,26H,4H2,1H3/t13-,14-,18+/m1/s1.